The molecule has 1 aliphatic heterocycles. The van der Waals surface area contributed by atoms with Gasteiger partial charge >= 0.3 is 0 Å². The van der Waals surface area contributed by atoms with Gasteiger partial charge in [-0.25, -0.2) is 13.4 Å². The van der Waals surface area contributed by atoms with Crippen molar-refractivity contribution in [1.82, 2.24) is 14.3 Å². The van der Waals surface area contributed by atoms with E-state index < -0.39 is 10.0 Å². The van der Waals surface area contributed by atoms with Crippen molar-refractivity contribution in [1.29, 1.82) is 0 Å². The van der Waals surface area contributed by atoms with Gasteiger partial charge in [0.15, 0.2) is 0 Å². The second-order valence-corrected chi connectivity index (χ2v) is 8.66. The molecular weight excluding hydrogens is 372 g/mol. The van der Waals surface area contributed by atoms with Crippen LogP contribution in [0.3, 0.4) is 0 Å². The average Bonchev–Trinajstić information content (AvgIpc) is 3.01. The summed E-state index contributed by atoms with van der Waals surface area (Å²) in [6, 6.07) is 12.7. The van der Waals surface area contributed by atoms with Gasteiger partial charge in [0, 0.05) is 31.9 Å². The summed E-state index contributed by atoms with van der Waals surface area (Å²) in [6.45, 7) is 4.03. The highest BCUT2D eigenvalue weighted by atomic mass is 35.5. The van der Waals surface area contributed by atoms with Gasteiger partial charge in [-0.05, 0) is 37.3 Å². The molecule has 1 fully saturated rings. The Labute approximate surface area is 157 Å². The zero-order valence-electron chi connectivity index (χ0n) is 14.3. The third-order valence-electron chi connectivity index (χ3n) is 4.64. The minimum absolute atomic E-state index is 0.171. The van der Waals surface area contributed by atoms with E-state index in [1.54, 1.807) is 24.3 Å². The van der Waals surface area contributed by atoms with E-state index in [1.807, 2.05) is 19.1 Å². The van der Waals surface area contributed by atoms with Gasteiger partial charge in [0.05, 0.1) is 16.1 Å². The minimum Gasteiger partial charge on any atom is -0.369 e. The van der Waals surface area contributed by atoms with Crippen molar-refractivity contribution in [2.24, 2.45) is 0 Å². The molecular formula is C18H19ClN4O2S. The number of nitrogens with one attached hydrogen (secondary N) is 1. The molecule has 0 amide bonds. The molecule has 0 bridgehead atoms. The van der Waals surface area contributed by atoms with Crippen molar-refractivity contribution >= 4 is 38.3 Å². The second-order valence-electron chi connectivity index (χ2n) is 6.35. The monoisotopic (exact) mass is 390 g/mol. The number of rotatable bonds is 3. The summed E-state index contributed by atoms with van der Waals surface area (Å²) in [5.41, 5.74) is 2.99. The second kappa shape index (κ2) is 6.57. The lowest BCUT2D eigenvalue weighted by molar-refractivity contribution is 0.385. The van der Waals surface area contributed by atoms with Crippen molar-refractivity contribution in [2.75, 3.05) is 31.1 Å². The van der Waals surface area contributed by atoms with Crippen LogP contribution < -0.4 is 4.90 Å². The topological polar surface area (TPSA) is 69.3 Å². The van der Waals surface area contributed by atoms with E-state index in [4.69, 9.17) is 11.6 Å². The van der Waals surface area contributed by atoms with Crippen molar-refractivity contribution in [3.8, 4) is 0 Å². The fourth-order valence-corrected chi connectivity index (χ4v) is 5.22. The van der Waals surface area contributed by atoms with E-state index in [-0.39, 0.29) is 9.92 Å². The third-order valence-corrected chi connectivity index (χ3v) is 7.04. The smallest absolute Gasteiger partial charge is 0.244 e. The molecule has 3 aromatic rings. The minimum atomic E-state index is -3.57. The average molecular weight is 391 g/mol. The first-order valence-electron chi connectivity index (χ1n) is 8.41. The lowest BCUT2D eigenvalue weighted by Crippen LogP contribution is -2.48. The molecule has 1 N–H and O–H groups in total. The van der Waals surface area contributed by atoms with Crippen LogP contribution in [0.15, 0.2) is 47.4 Å². The molecule has 0 saturated carbocycles. The number of hydrogen-bond donors (Lipinski definition) is 1. The summed E-state index contributed by atoms with van der Waals surface area (Å²) >= 11 is 6.08. The quantitative estimate of drug-likeness (QED) is 0.746. The number of aromatic nitrogens is 2. The molecule has 8 heteroatoms. The molecule has 136 valence electrons. The number of hydrogen-bond acceptors (Lipinski definition) is 4. The molecule has 0 atom stereocenters. The molecule has 0 spiro atoms. The van der Waals surface area contributed by atoms with E-state index in [0.717, 1.165) is 22.5 Å². The van der Waals surface area contributed by atoms with Gasteiger partial charge < -0.3 is 9.88 Å². The van der Waals surface area contributed by atoms with Crippen molar-refractivity contribution in [3.05, 3.63) is 53.3 Å². The zero-order valence-corrected chi connectivity index (χ0v) is 15.9. The SMILES string of the molecule is Cc1nc2ccc(N3CCN(S(=O)(=O)c4ccccc4Cl)CC3)cc2[nH]1. The highest BCUT2D eigenvalue weighted by Gasteiger charge is 2.30. The first kappa shape index (κ1) is 17.3. The molecule has 0 unspecified atom stereocenters. The number of aromatic amines is 1. The van der Waals surface area contributed by atoms with Crippen LogP contribution in [-0.4, -0.2) is 48.9 Å². The molecule has 1 aliphatic rings. The van der Waals surface area contributed by atoms with E-state index in [2.05, 4.69) is 20.9 Å². The van der Waals surface area contributed by atoms with Gasteiger partial charge in [-0.3, -0.25) is 0 Å². The number of H-pyrrole nitrogens is 1. The number of aryl methyl sites for hydroxylation is 1. The lowest BCUT2D eigenvalue weighted by Gasteiger charge is -2.35. The Hall–Kier alpha value is -2.09. The Kier molecular flexibility index (Phi) is 4.38. The van der Waals surface area contributed by atoms with Gasteiger partial charge in [-0.15, -0.1) is 0 Å². The van der Waals surface area contributed by atoms with Crippen LogP contribution in [-0.2, 0) is 10.0 Å². The maximum atomic E-state index is 12.8. The third kappa shape index (κ3) is 3.06. The van der Waals surface area contributed by atoms with E-state index >= 15 is 0 Å². The van der Waals surface area contributed by atoms with E-state index in [1.165, 1.54) is 4.31 Å². The Morgan fingerprint density at radius 3 is 2.54 bits per heavy atom. The maximum absolute atomic E-state index is 12.8. The summed E-state index contributed by atoms with van der Waals surface area (Å²) in [6.07, 6.45) is 0. The number of nitrogens with zero attached hydrogens (tertiary/aromatic N) is 3. The number of sulfonamides is 1. The number of imidazole rings is 1. The van der Waals surface area contributed by atoms with Gasteiger partial charge in [-0.1, -0.05) is 23.7 Å². The zero-order chi connectivity index (χ0) is 18.3. The fraction of sp³-hybridized carbons (Fsp3) is 0.278. The maximum Gasteiger partial charge on any atom is 0.244 e. The van der Waals surface area contributed by atoms with Crippen LogP contribution in [0, 0.1) is 6.92 Å². The lowest BCUT2D eigenvalue weighted by atomic mass is 10.2. The van der Waals surface area contributed by atoms with Crippen molar-refractivity contribution in [3.63, 3.8) is 0 Å². The largest absolute Gasteiger partial charge is 0.369 e. The Bertz CT molecular complexity index is 1060. The molecule has 1 aromatic heterocycles. The number of anilines is 1. The van der Waals surface area contributed by atoms with E-state index in [9.17, 15) is 8.42 Å². The van der Waals surface area contributed by atoms with Crippen molar-refractivity contribution in [2.45, 2.75) is 11.8 Å². The van der Waals surface area contributed by atoms with Crippen LogP contribution >= 0.6 is 11.6 Å². The van der Waals surface area contributed by atoms with Crippen LogP contribution in [0.25, 0.3) is 11.0 Å². The molecule has 0 aliphatic carbocycles. The predicted octanol–water partition coefficient (Wildman–Crippen LogP) is 3.04. The van der Waals surface area contributed by atoms with Gasteiger partial charge in [0.2, 0.25) is 10.0 Å². The predicted molar refractivity (Wildman–Crippen MR) is 103 cm³/mol. The van der Waals surface area contributed by atoms with E-state index in [0.29, 0.717) is 26.2 Å². The van der Waals surface area contributed by atoms with Crippen LogP contribution in [0.5, 0.6) is 0 Å². The molecule has 2 aromatic carbocycles. The number of halogens is 1. The van der Waals surface area contributed by atoms with Gasteiger partial charge in [0.1, 0.15) is 10.7 Å². The summed E-state index contributed by atoms with van der Waals surface area (Å²) < 4.78 is 27.2. The van der Waals surface area contributed by atoms with Crippen LogP contribution in [0.1, 0.15) is 5.82 Å². The fourth-order valence-electron chi connectivity index (χ4n) is 3.30. The highest BCUT2D eigenvalue weighted by molar-refractivity contribution is 7.89. The van der Waals surface area contributed by atoms with Crippen LogP contribution in [0.4, 0.5) is 5.69 Å². The molecule has 6 nitrogen and oxygen atoms in total. The molecule has 1 saturated heterocycles. The number of benzene rings is 2. The number of fused-ring (bicyclic) bond motifs is 1. The number of piperazine rings is 1. The Balaban J connectivity index is 1.52. The Morgan fingerprint density at radius 2 is 1.81 bits per heavy atom. The Morgan fingerprint density at radius 1 is 1.08 bits per heavy atom. The molecule has 4 rings (SSSR count). The van der Waals surface area contributed by atoms with Crippen LogP contribution in [0.2, 0.25) is 5.02 Å². The summed E-state index contributed by atoms with van der Waals surface area (Å²) in [7, 11) is -3.57. The first-order chi connectivity index (χ1) is 12.4. The molecule has 26 heavy (non-hydrogen) atoms. The van der Waals surface area contributed by atoms with Gasteiger partial charge in [0.25, 0.3) is 0 Å². The normalized spacial score (nSPS) is 16.3. The van der Waals surface area contributed by atoms with Crippen molar-refractivity contribution < 1.29 is 8.42 Å². The first-order valence-corrected chi connectivity index (χ1v) is 10.2. The summed E-state index contributed by atoms with van der Waals surface area (Å²) in [4.78, 5) is 10.0. The molecule has 2 heterocycles. The standard InChI is InChI=1S/C18H19ClN4O2S/c1-13-20-16-7-6-14(12-17(16)21-13)22-8-10-23(11-9-22)26(24,25)18-5-3-2-4-15(18)19/h2-7,12H,8-11H2,1H3,(H,20,21). The molecule has 0 radical (unpaired) electrons. The summed E-state index contributed by atoms with van der Waals surface area (Å²) in [5, 5.41) is 0.259. The summed E-state index contributed by atoms with van der Waals surface area (Å²) in [5.74, 6) is 0.882. The highest BCUT2D eigenvalue weighted by Crippen LogP contribution is 2.27. The van der Waals surface area contributed by atoms with Gasteiger partial charge in [-0.2, -0.15) is 4.31 Å².